The molecule has 10 heavy (non-hydrogen) atoms. The van der Waals surface area contributed by atoms with Gasteiger partial charge < -0.3 is 14.7 Å². The fourth-order valence-corrected chi connectivity index (χ4v) is 0. The molecular weight excluding hydrogens is 323 g/mol. The van der Waals surface area contributed by atoms with Crippen LogP contribution in [-0.4, -0.2) is 33.5 Å². The van der Waals surface area contributed by atoms with Crippen LogP contribution >= 0.6 is 7.82 Å². The molecule has 0 fully saturated rings. The Morgan fingerprint density at radius 3 is 0.900 bits per heavy atom. The minimum atomic E-state index is -4.64. The van der Waals surface area contributed by atoms with Crippen LogP contribution in [0.4, 0.5) is 0 Å². The molecule has 64 valence electrons. The minimum Gasteiger partial charge on any atom is 0 e. The summed E-state index contributed by atoms with van der Waals surface area (Å²) in [6.45, 7) is 0. The summed E-state index contributed by atoms with van der Waals surface area (Å²) in [6, 6.07) is 0. The Balaban J connectivity index is -0.00000000800. The molecule has 0 aliphatic carbocycles. The van der Waals surface area contributed by atoms with Crippen LogP contribution in [-0.2, 0) is 72.8 Å². The fourth-order valence-electron chi connectivity index (χ4n) is 0. The predicted octanol–water partition coefficient (Wildman–Crippen LogP) is -1.59. The topological polar surface area (TPSA) is 77.8 Å². The van der Waals surface area contributed by atoms with Crippen LogP contribution in [0.25, 0.3) is 0 Å². The van der Waals surface area contributed by atoms with Gasteiger partial charge in [-0.25, -0.2) is 4.57 Å². The summed E-state index contributed by atoms with van der Waals surface area (Å²) >= 11 is 0. The van der Waals surface area contributed by atoms with Crippen molar-refractivity contribution in [1.29, 1.82) is 0 Å². The van der Waals surface area contributed by atoms with Crippen LogP contribution in [0.15, 0.2) is 0 Å². The van der Waals surface area contributed by atoms with Gasteiger partial charge in [-0.15, -0.1) is 0 Å². The largest absolute Gasteiger partial charge is 0 e. The van der Waals surface area contributed by atoms with E-state index in [0.29, 0.717) is 0 Å². The van der Waals surface area contributed by atoms with E-state index in [-0.39, 0.29) is 87.1 Å². The van der Waals surface area contributed by atoms with Crippen molar-refractivity contribution in [3.63, 3.8) is 0 Å². The number of phosphoric acid groups is 1. The molecule has 0 spiro atoms. The van der Waals surface area contributed by atoms with Crippen molar-refractivity contribution >= 4 is 26.7 Å². The Morgan fingerprint density at radius 2 is 0.900 bits per heavy atom. The molecule has 0 unspecified atom stereocenters. The standard InChI is InChI=1S/2Fe.Li.2Mn.H3O4P.H/c;;;;;1-5(2,3)4;/h;;;;;(H3,1,2,3,4);. The van der Waals surface area contributed by atoms with E-state index >= 15 is 0 Å². The average Bonchev–Trinajstić information content (AvgIpc) is 0.722. The average molecular weight is 328 g/mol. The van der Waals surface area contributed by atoms with E-state index in [9.17, 15) is 0 Å². The quantitative estimate of drug-likeness (QED) is 0.370. The van der Waals surface area contributed by atoms with Gasteiger partial charge in [-0.05, 0) is 0 Å². The van der Waals surface area contributed by atoms with E-state index in [0.717, 1.165) is 0 Å². The van der Waals surface area contributed by atoms with Gasteiger partial charge in [-0.3, -0.25) is 0 Å². The van der Waals surface area contributed by atoms with E-state index in [4.69, 9.17) is 19.2 Å². The molecule has 0 aromatic heterocycles. The summed E-state index contributed by atoms with van der Waals surface area (Å²) in [5.74, 6) is 0. The summed E-state index contributed by atoms with van der Waals surface area (Å²) in [7, 11) is -4.64. The molecule has 0 aromatic rings. The molecule has 0 saturated heterocycles. The molecule has 10 heteroatoms. The van der Waals surface area contributed by atoms with E-state index in [1.165, 1.54) is 0 Å². The molecular formula is H4Fe2LiMn2O4P. The molecule has 0 heterocycles. The zero-order chi connectivity index (χ0) is 4.50. The Morgan fingerprint density at radius 1 is 0.900 bits per heavy atom. The van der Waals surface area contributed by atoms with E-state index in [1.807, 2.05) is 0 Å². The summed E-state index contributed by atoms with van der Waals surface area (Å²) in [6.07, 6.45) is 0. The first-order valence-electron chi connectivity index (χ1n) is 0.783. The molecule has 0 rings (SSSR count). The molecule has 0 aliphatic rings. The maximum Gasteiger partial charge on any atom is 0 e. The Hall–Kier alpha value is 2.79. The summed E-state index contributed by atoms with van der Waals surface area (Å²) < 4.78 is 8.88. The molecule has 0 amide bonds. The normalized spacial score (nSPS) is 5.90. The zero-order valence-electron chi connectivity index (χ0n) is 3.66. The Bertz CT molecular complexity index is 67.4. The zero-order valence-corrected chi connectivity index (χ0v) is 9.12. The third-order valence-electron chi connectivity index (χ3n) is 0. The first kappa shape index (κ1) is 38.6. The predicted molar refractivity (Wildman–Crippen MR) is 21.4 cm³/mol. The van der Waals surface area contributed by atoms with Crippen molar-refractivity contribution in [2.75, 3.05) is 0 Å². The first-order valence-corrected chi connectivity index (χ1v) is 2.35. The SMILES string of the molecule is O=P(O)(O)O.[Fe].[Fe].[LiH].[Mn].[Mn]. The van der Waals surface area contributed by atoms with Gasteiger partial charge in [0.15, 0.2) is 0 Å². The van der Waals surface area contributed by atoms with Crippen molar-refractivity contribution in [3.8, 4) is 0 Å². The smallest absolute Gasteiger partial charge is 0 e. The maximum atomic E-state index is 8.88. The minimum absolute atomic E-state index is 0. The number of rotatable bonds is 0. The van der Waals surface area contributed by atoms with E-state index < -0.39 is 7.82 Å². The third kappa shape index (κ3) is 133. The second-order valence-corrected chi connectivity index (χ2v) is 1.54. The second kappa shape index (κ2) is 17.8. The molecule has 0 atom stereocenters. The van der Waals surface area contributed by atoms with Gasteiger partial charge in [-0.2, -0.15) is 0 Å². The van der Waals surface area contributed by atoms with Gasteiger partial charge in [0.25, 0.3) is 0 Å². The first-order chi connectivity index (χ1) is 2.00. The number of hydrogen-bond donors (Lipinski definition) is 3. The molecule has 0 bridgehead atoms. The molecule has 0 aliphatic heterocycles. The van der Waals surface area contributed by atoms with Crippen LogP contribution in [0.5, 0.6) is 0 Å². The van der Waals surface area contributed by atoms with Gasteiger partial charge in [0.2, 0.25) is 0 Å². The molecule has 3 N–H and O–H groups in total. The van der Waals surface area contributed by atoms with Gasteiger partial charge in [0.05, 0.1) is 0 Å². The molecule has 2 radical (unpaired) electrons. The summed E-state index contributed by atoms with van der Waals surface area (Å²) in [5.41, 5.74) is 0. The molecule has 4 nitrogen and oxygen atoms in total. The molecule has 0 saturated carbocycles. The van der Waals surface area contributed by atoms with Crippen molar-refractivity contribution in [2.24, 2.45) is 0 Å². The summed E-state index contributed by atoms with van der Waals surface area (Å²) in [4.78, 5) is 21.6. The summed E-state index contributed by atoms with van der Waals surface area (Å²) in [5, 5.41) is 0. The fraction of sp³-hybridized carbons (Fsp3) is 0. The van der Waals surface area contributed by atoms with Crippen LogP contribution in [0.1, 0.15) is 0 Å². The van der Waals surface area contributed by atoms with Crippen molar-refractivity contribution in [3.05, 3.63) is 0 Å². The number of hydrogen-bond acceptors (Lipinski definition) is 1. The van der Waals surface area contributed by atoms with Gasteiger partial charge in [-0.1, -0.05) is 0 Å². The monoisotopic (exact) mass is 328 g/mol. The van der Waals surface area contributed by atoms with Gasteiger partial charge >= 0.3 is 26.7 Å². The van der Waals surface area contributed by atoms with E-state index in [1.54, 1.807) is 0 Å². The van der Waals surface area contributed by atoms with Gasteiger partial charge in [0.1, 0.15) is 0 Å². The van der Waals surface area contributed by atoms with Crippen molar-refractivity contribution < 1.29 is 87.5 Å². The van der Waals surface area contributed by atoms with E-state index in [2.05, 4.69) is 0 Å². The van der Waals surface area contributed by atoms with Crippen molar-refractivity contribution in [2.45, 2.75) is 0 Å². The van der Waals surface area contributed by atoms with Crippen LogP contribution in [0.3, 0.4) is 0 Å². The maximum absolute atomic E-state index is 8.88. The Labute approximate surface area is 113 Å². The van der Waals surface area contributed by atoms with Crippen LogP contribution < -0.4 is 0 Å². The second-order valence-electron chi connectivity index (χ2n) is 0.513. The van der Waals surface area contributed by atoms with Crippen LogP contribution in [0, 0.1) is 0 Å². The van der Waals surface area contributed by atoms with Gasteiger partial charge in [0, 0.05) is 68.3 Å². The third-order valence-corrected chi connectivity index (χ3v) is 0. The van der Waals surface area contributed by atoms with Crippen LogP contribution in [0.2, 0.25) is 0 Å². The molecule has 0 aromatic carbocycles. The van der Waals surface area contributed by atoms with Crippen molar-refractivity contribution in [1.82, 2.24) is 0 Å². The Kier molecular flexibility index (Phi) is 68.5.